The van der Waals surface area contributed by atoms with E-state index in [0.717, 1.165) is 0 Å². The number of nitrogen functional groups attached to an aromatic ring is 1. The number of aliphatic hydroxyl groups is 3. The van der Waals surface area contributed by atoms with Crippen LogP contribution in [0.5, 0.6) is 0 Å². The Bertz CT molecular complexity index is 1030. The molecule has 1 saturated heterocycles. The van der Waals surface area contributed by atoms with Crippen molar-refractivity contribution in [3.8, 4) is 0 Å². The summed E-state index contributed by atoms with van der Waals surface area (Å²) in [6, 6.07) is 8.90. The normalized spacial score (nSPS) is 24.2. The van der Waals surface area contributed by atoms with Crippen molar-refractivity contribution in [3.05, 3.63) is 42.2 Å². The molecule has 0 bridgehead atoms. The van der Waals surface area contributed by atoms with Gasteiger partial charge in [0.2, 0.25) is 5.95 Å². The summed E-state index contributed by atoms with van der Waals surface area (Å²) in [6.45, 7) is -0.443. The summed E-state index contributed by atoms with van der Waals surface area (Å²) >= 11 is 1.18. The number of ether oxygens (including phenoxy) is 1. The fourth-order valence-electron chi connectivity index (χ4n) is 3.14. The molecule has 0 saturated carbocycles. The summed E-state index contributed by atoms with van der Waals surface area (Å²) in [5.74, 6) is 0.0421. The zero-order chi connectivity index (χ0) is 20.5. The van der Waals surface area contributed by atoms with Crippen molar-refractivity contribution >= 4 is 34.7 Å². The summed E-state index contributed by atoms with van der Waals surface area (Å²) in [5, 5.41) is 30.0. The van der Waals surface area contributed by atoms with E-state index in [9.17, 15) is 20.1 Å². The zero-order valence-corrected chi connectivity index (χ0v) is 15.9. The van der Waals surface area contributed by atoms with Crippen molar-refractivity contribution in [2.24, 2.45) is 0 Å². The number of anilines is 1. The molecular weight excluding hydrogens is 398 g/mol. The number of rotatable bonds is 6. The number of Topliss-reactive ketones (excluding diaryl/α,β-unsaturated/α-hetero) is 1. The van der Waals surface area contributed by atoms with Crippen molar-refractivity contribution in [1.29, 1.82) is 0 Å². The summed E-state index contributed by atoms with van der Waals surface area (Å²) in [6.07, 6.45) is -3.06. The first-order valence-corrected chi connectivity index (χ1v) is 9.81. The fraction of sp³-hybridized carbons (Fsp3) is 0.333. The molecular formula is C18H19N5O5S. The van der Waals surface area contributed by atoms with E-state index >= 15 is 0 Å². The lowest BCUT2D eigenvalue weighted by molar-refractivity contribution is -0.0511. The van der Waals surface area contributed by atoms with Crippen LogP contribution in [0.3, 0.4) is 0 Å². The number of nitrogens with two attached hydrogens (primary N) is 1. The van der Waals surface area contributed by atoms with Crippen molar-refractivity contribution in [2.45, 2.75) is 29.6 Å². The van der Waals surface area contributed by atoms with E-state index in [0.29, 0.717) is 21.8 Å². The molecule has 10 nitrogen and oxygen atoms in total. The number of aromatic nitrogens is 4. The van der Waals surface area contributed by atoms with Crippen LogP contribution in [0.2, 0.25) is 0 Å². The first-order chi connectivity index (χ1) is 14.0. The summed E-state index contributed by atoms with van der Waals surface area (Å²) in [5.41, 5.74) is 7.11. The van der Waals surface area contributed by atoms with Gasteiger partial charge in [-0.05, 0) is 0 Å². The molecule has 1 aromatic carbocycles. The Morgan fingerprint density at radius 3 is 2.66 bits per heavy atom. The first-order valence-electron chi connectivity index (χ1n) is 8.83. The van der Waals surface area contributed by atoms with Crippen LogP contribution in [0, 0.1) is 0 Å². The topological polar surface area (TPSA) is 157 Å². The van der Waals surface area contributed by atoms with Gasteiger partial charge in [-0.1, -0.05) is 42.1 Å². The summed E-state index contributed by atoms with van der Waals surface area (Å²) < 4.78 is 6.96. The molecule has 2 aromatic heterocycles. The minimum atomic E-state index is -1.28. The molecule has 1 fully saturated rings. The largest absolute Gasteiger partial charge is 0.394 e. The lowest BCUT2D eigenvalue weighted by Gasteiger charge is -2.16. The van der Waals surface area contributed by atoms with Crippen molar-refractivity contribution in [1.82, 2.24) is 19.5 Å². The maximum Gasteiger partial charge on any atom is 0.223 e. The standard InChI is InChI=1S/C18H19N5O5S/c19-18-21-15-12(16(22-18)29-7-10(25)9-4-2-1-3-5-9)20-8-23(15)17-14(27)13(26)11(6-24)28-17/h1-5,8,11,13-14,17,24,26-27H,6-7H2,(H2,19,21,22)/t11-,13+,14-,17-/m0/s1. The number of carbonyl (C=O) groups is 1. The number of hydrogen-bond donors (Lipinski definition) is 4. The van der Waals surface area contributed by atoms with Crippen molar-refractivity contribution < 1.29 is 24.9 Å². The van der Waals surface area contributed by atoms with E-state index in [1.165, 1.54) is 22.7 Å². The van der Waals surface area contributed by atoms with Gasteiger partial charge in [0.1, 0.15) is 28.9 Å². The van der Waals surface area contributed by atoms with Crippen LogP contribution in [-0.4, -0.2) is 71.3 Å². The van der Waals surface area contributed by atoms with Gasteiger partial charge in [-0.15, -0.1) is 0 Å². The molecule has 0 spiro atoms. The second-order valence-electron chi connectivity index (χ2n) is 6.52. The predicted molar refractivity (Wildman–Crippen MR) is 104 cm³/mol. The van der Waals surface area contributed by atoms with Gasteiger partial charge in [-0.3, -0.25) is 9.36 Å². The number of aliphatic hydroxyl groups excluding tert-OH is 3. The highest BCUT2D eigenvalue weighted by Crippen LogP contribution is 2.33. The molecule has 0 radical (unpaired) electrons. The van der Waals surface area contributed by atoms with Crippen LogP contribution in [-0.2, 0) is 4.74 Å². The van der Waals surface area contributed by atoms with E-state index in [-0.39, 0.29) is 17.5 Å². The minimum absolute atomic E-state index is 0.0272. The van der Waals surface area contributed by atoms with Crippen LogP contribution in [0.1, 0.15) is 16.6 Å². The summed E-state index contributed by atoms with van der Waals surface area (Å²) in [7, 11) is 0. The van der Waals surface area contributed by atoms with Gasteiger partial charge in [0.15, 0.2) is 17.7 Å². The molecule has 0 unspecified atom stereocenters. The highest BCUT2D eigenvalue weighted by Gasteiger charge is 2.44. The highest BCUT2D eigenvalue weighted by molar-refractivity contribution is 8.00. The third-order valence-electron chi connectivity index (χ3n) is 4.63. The van der Waals surface area contributed by atoms with Gasteiger partial charge in [-0.2, -0.15) is 4.98 Å². The number of fused-ring (bicyclic) bond motifs is 1. The molecule has 1 aliphatic rings. The fourth-order valence-corrected chi connectivity index (χ4v) is 4.02. The Morgan fingerprint density at radius 2 is 1.97 bits per heavy atom. The molecule has 3 heterocycles. The number of benzene rings is 1. The molecule has 11 heteroatoms. The van der Waals surface area contributed by atoms with Gasteiger partial charge < -0.3 is 25.8 Å². The Hall–Kier alpha value is -2.57. The highest BCUT2D eigenvalue weighted by atomic mass is 32.2. The number of imidazole rings is 1. The van der Waals surface area contributed by atoms with Gasteiger partial charge in [-0.25, -0.2) is 9.97 Å². The van der Waals surface area contributed by atoms with E-state index < -0.39 is 31.1 Å². The van der Waals surface area contributed by atoms with Crippen LogP contribution in [0.25, 0.3) is 11.2 Å². The van der Waals surface area contributed by atoms with Crippen LogP contribution < -0.4 is 5.73 Å². The second kappa shape index (κ2) is 8.05. The van der Waals surface area contributed by atoms with E-state index in [4.69, 9.17) is 10.5 Å². The van der Waals surface area contributed by atoms with Gasteiger partial charge >= 0.3 is 0 Å². The third-order valence-corrected chi connectivity index (χ3v) is 5.60. The van der Waals surface area contributed by atoms with Crippen LogP contribution in [0.4, 0.5) is 5.95 Å². The Balaban J connectivity index is 1.61. The van der Waals surface area contributed by atoms with Gasteiger partial charge in [0.05, 0.1) is 18.7 Å². The number of nitrogens with zero attached hydrogens (tertiary/aromatic N) is 4. The molecule has 4 rings (SSSR count). The Morgan fingerprint density at radius 1 is 1.21 bits per heavy atom. The minimum Gasteiger partial charge on any atom is -0.394 e. The summed E-state index contributed by atoms with van der Waals surface area (Å²) in [4.78, 5) is 25.0. The predicted octanol–water partition coefficient (Wildman–Crippen LogP) is -0.00500. The first kappa shape index (κ1) is 19.7. The van der Waals surface area contributed by atoms with Crippen molar-refractivity contribution in [3.63, 3.8) is 0 Å². The molecule has 1 aliphatic heterocycles. The molecule has 152 valence electrons. The van der Waals surface area contributed by atoms with Gasteiger partial charge in [0, 0.05) is 5.56 Å². The zero-order valence-electron chi connectivity index (χ0n) is 15.1. The molecule has 0 aliphatic carbocycles. The van der Waals surface area contributed by atoms with Crippen LogP contribution in [0.15, 0.2) is 41.7 Å². The molecule has 0 amide bonds. The molecule has 29 heavy (non-hydrogen) atoms. The Labute approximate surface area is 169 Å². The number of ketones is 1. The maximum atomic E-state index is 12.4. The average molecular weight is 417 g/mol. The van der Waals surface area contributed by atoms with E-state index in [1.807, 2.05) is 6.07 Å². The molecule has 4 atom stereocenters. The van der Waals surface area contributed by atoms with Crippen LogP contribution >= 0.6 is 11.8 Å². The second-order valence-corrected chi connectivity index (χ2v) is 7.48. The lowest BCUT2D eigenvalue weighted by Crippen LogP contribution is -2.33. The smallest absolute Gasteiger partial charge is 0.223 e. The quantitative estimate of drug-likeness (QED) is 0.244. The average Bonchev–Trinajstić information content (AvgIpc) is 3.27. The number of thioether (sulfide) groups is 1. The SMILES string of the molecule is Nc1nc(SCC(=O)c2ccccc2)c2ncn([C@H]3O[C@@H](CO)[C@@H](O)[C@@H]3O)c2n1. The monoisotopic (exact) mass is 417 g/mol. The lowest BCUT2D eigenvalue weighted by atomic mass is 10.1. The van der Waals surface area contributed by atoms with E-state index in [1.54, 1.807) is 24.3 Å². The number of carbonyl (C=O) groups excluding carboxylic acids is 1. The van der Waals surface area contributed by atoms with E-state index in [2.05, 4.69) is 15.0 Å². The third kappa shape index (κ3) is 3.70. The Kier molecular flexibility index (Phi) is 5.48. The maximum absolute atomic E-state index is 12.4. The number of hydrogen-bond acceptors (Lipinski definition) is 10. The molecule has 5 N–H and O–H groups in total. The van der Waals surface area contributed by atoms with Gasteiger partial charge in [0.25, 0.3) is 0 Å². The molecule has 3 aromatic rings. The van der Waals surface area contributed by atoms with Crippen molar-refractivity contribution in [2.75, 3.05) is 18.1 Å².